The van der Waals surface area contributed by atoms with E-state index in [1.54, 1.807) is 0 Å². The fraction of sp³-hybridized carbons (Fsp3) is 0.560. The van der Waals surface area contributed by atoms with Crippen LogP contribution in [0, 0.1) is 5.92 Å². The van der Waals surface area contributed by atoms with Gasteiger partial charge in [-0.2, -0.15) is 0 Å². The summed E-state index contributed by atoms with van der Waals surface area (Å²) in [6.07, 6.45) is 0.386. The van der Waals surface area contributed by atoms with Crippen LogP contribution in [0.2, 0.25) is 0 Å². The molecule has 2 rings (SSSR count). The summed E-state index contributed by atoms with van der Waals surface area (Å²) >= 11 is 0.901. The Morgan fingerprint density at radius 3 is 2.05 bits per heavy atom. The number of amides is 4. The maximum Gasteiger partial charge on any atom is 0.245 e. The molecule has 1 fully saturated rings. The highest BCUT2D eigenvalue weighted by atomic mass is 32.2. The van der Waals surface area contributed by atoms with Gasteiger partial charge in [0, 0.05) is 25.6 Å². The van der Waals surface area contributed by atoms with Crippen molar-refractivity contribution in [1.82, 2.24) is 20.9 Å². The second-order valence-electron chi connectivity index (χ2n) is 9.31. The lowest BCUT2D eigenvalue weighted by atomic mass is 10.00. The van der Waals surface area contributed by atoms with E-state index in [9.17, 15) is 34.2 Å². The highest BCUT2D eigenvalue weighted by Gasteiger charge is 2.35. The van der Waals surface area contributed by atoms with E-state index >= 15 is 0 Å². The summed E-state index contributed by atoms with van der Waals surface area (Å²) in [6.45, 7) is 2.25. The number of carbonyl (C=O) groups excluding carboxylic acids is 5. The average molecular weight is 537 g/mol. The van der Waals surface area contributed by atoms with Crippen LogP contribution in [0.1, 0.15) is 32.3 Å². The normalized spacial score (nSPS) is 25.0. The van der Waals surface area contributed by atoms with Gasteiger partial charge in [0.15, 0.2) is 0 Å². The van der Waals surface area contributed by atoms with E-state index in [1.165, 1.54) is 11.9 Å². The van der Waals surface area contributed by atoms with E-state index in [4.69, 9.17) is 0 Å². The number of likely N-dealkylation sites (N-methyl/N-ethyl adjacent to an activating group) is 1. The quantitative estimate of drug-likeness (QED) is 0.315. The molecule has 0 saturated carbocycles. The van der Waals surface area contributed by atoms with Gasteiger partial charge < -0.3 is 31.1 Å². The van der Waals surface area contributed by atoms with Crippen molar-refractivity contribution in [3.63, 3.8) is 0 Å². The third-order valence-electron chi connectivity index (χ3n) is 5.90. The molecule has 1 aromatic rings. The van der Waals surface area contributed by atoms with E-state index in [1.807, 2.05) is 44.2 Å². The van der Waals surface area contributed by atoms with Gasteiger partial charge in [0.05, 0.1) is 13.2 Å². The van der Waals surface area contributed by atoms with Crippen LogP contribution in [0.25, 0.3) is 0 Å². The van der Waals surface area contributed by atoms with Gasteiger partial charge in [-0.3, -0.25) is 24.0 Å². The van der Waals surface area contributed by atoms with Gasteiger partial charge in [0.25, 0.3) is 0 Å². The fourth-order valence-electron chi connectivity index (χ4n) is 3.85. The third-order valence-corrected chi connectivity index (χ3v) is 6.87. The van der Waals surface area contributed by atoms with Crippen LogP contribution in [0.4, 0.5) is 0 Å². The number of aliphatic hydroxyl groups excluding tert-OH is 2. The maximum atomic E-state index is 13.6. The van der Waals surface area contributed by atoms with E-state index < -0.39 is 61.0 Å². The lowest BCUT2D eigenvalue weighted by molar-refractivity contribution is -0.140. The van der Waals surface area contributed by atoms with Crippen molar-refractivity contribution < 1.29 is 34.2 Å². The molecule has 0 unspecified atom stereocenters. The predicted molar refractivity (Wildman–Crippen MR) is 138 cm³/mol. The Labute approximate surface area is 220 Å². The molecule has 1 saturated heterocycles. The minimum Gasteiger partial charge on any atom is -0.394 e. The molecule has 0 aromatic heterocycles. The van der Waals surface area contributed by atoms with E-state index in [-0.39, 0.29) is 36.0 Å². The molecule has 11 nitrogen and oxygen atoms in total. The molecule has 37 heavy (non-hydrogen) atoms. The van der Waals surface area contributed by atoms with Crippen molar-refractivity contribution in [1.29, 1.82) is 0 Å². The zero-order valence-corrected chi connectivity index (χ0v) is 22.1. The largest absolute Gasteiger partial charge is 0.394 e. The minimum absolute atomic E-state index is 0.00189. The van der Waals surface area contributed by atoms with Crippen LogP contribution >= 0.6 is 11.8 Å². The first-order valence-electron chi connectivity index (χ1n) is 12.2. The number of carbonyl (C=O) groups is 5. The van der Waals surface area contributed by atoms with Gasteiger partial charge in [-0.05, 0) is 17.9 Å². The third kappa shape index (κ3) is 9.13. The van der Waals surface area contributed by atoms with Gasteiger partial charge in [-0.25, -0.2) is 0 Å². The summed E-state index contributed by atoms with van der Waals surface area (Å²) in [5.41, 5.74) is 0.839. The molecule has 4 amide bonds. The number of nitrogens with one attached hydrogen (secondary N) is 3. The highest BCUT2D eigenvalue weighted by Crippen LogP contribution is 2.19. The Morgan fingerprint density at radius 2 is 1.49 bits per heavy atom. The van der Waals surface area contributed by atoms with Crippen molar-refractivity contribution in [3.05, 3.63) is 35.9 Å². The van der Waals surface area contributed by atoms with Gasteiger partial charge in [-0.1, -0.05) is 55.9 Å². The molecule has 0 aliphatic carbocycles. The number of hydrogen-bond donors (Lipinski definition) is 5. The lowest BCUT2D eigenvalue weighted by Gasteiger charge is -2.32. The van der Waals surface area contributed by atoms with Gasteiger partial charge in [-0.15, -0.1) is 0 Å². The van der Waals surface area contributed by atoms with Crippen LogP contribution in [0.15, 0.2) is 30.3 Å². The standard InChI is InChI=1S/C25H36N4O7S/c1-15(2)11-17-24(35)29(3)20(12-16-7-5-4-6-8-16)25(36)37-10-9-21(32)26-18(13-30)22(33)28-19(14-31)23(34)27-17/h4-8,15,17-20,30-31H,9-14H2,1-3H3,(H,26,32)(H,27,34)(H,28,33)/t17-,18-,19-,20-/m0/s1. The molecule has 1 aliphatic rings. The van der Waals surface area contributed by atoms with Gasteiger partial charge >= 0.3 is 0 Å². The van der Waals surface area contributed by atoms with Crippen molar-refractivity contribution >= 4 is 40.5 Å². The van der Waals surface area contributed by atoms with Crippen LogP contribution in [0.5, 0.6) is 0 Å². The highest BCUT2D eigenvalue weighted by molar-refractivity contribution is 8.13. The smallest absolute Gasteiger partial charge is 0.245 e. The molecule has 0 bridgehead atoms. The second-order valence-corrected chi connectivity index (χ2v) is 10.4. The Bertz CT molecular complexity index is 960. The number of rotatable bonds is 6. The molecule has 1 aliphatic heterocycles. The lowest BCUT2D eigenvalue weighted by Crippen LogP contribution is -2.59. The molecule has 0 spiro atoms. The number of nitrogens with zero attached hydrogens (tertiary/aromatic N) is 1. The Balaban J connectivity index is 2.42. The van der Waals surface area contributed by atoms with E-state index in [2.05, 4.69) is 16.0 Å². The molecular weight excluding hydrogens is 500 g/mol. The van der Waals surface area contributed by atoms with Crippen LogP contribution in [0.3, 0.4) is 0 Å². The summed E-state index contributed by atoms with van der Waals surface area (Å²) in [7, 11) is 1.50. The first-order chi connectivity index (χ1) is 17.6. The molecule has 12 heteroatoms. The van der Waals surface area contributed by atoms with Crippen molar-refractivity contribution in [3.8, 4) is 0 Å². The SMILES string of the molecule is CC(C)C[C@@H]1NC(=O)[C@H](CO)NC(=O)[C@H](CO)NC(=O)CCSC(=O)[C@H](Cc2ccccc2)N(C)C1=O. The number of aliphatic hydroxyl groups is 2. The molecule has 204 valence electrons. The van der Waals surface area contributed by atoms with Crippen molar-refractivity contribution in [2.24, 2.45) is 5.92 Å². The summed E-state index contributed by atoms with van der Waals surface area (Å²) < 4.78 is 0. The van der Waals surface area contributed by atoms with Gasteiger partial charge in [0.1, 0.15) is 24.2 Å². The zero-order valence-electron chi connectivity index (χ0n) is 21.3. The maximum absolute atomic E-state index is 13.6. The zero-order chi connectivity index (χ0) is 27.5. The summed E-state index contributed by atoms with van der Waals surface area (Å²) in [6, 6.07) is 4.55. The summed E-state index contributed by atoms with van der Waals surface area (Å²) in [5, 5.41) is 26.3. The minimum atomic E-state index is -1.42. The molecule has 1 aromatic carbocycles. The average Bonchev–Trinajstić information content (AvgIpc) is 2.87. The van der Waals surface area contributed by atoms with Crippen molar-refractivity contribution in [2.75, 3.05) is 26.0 Å². The summed E-state index contributed by atoms with van der Waals surface area (Å²) in [5.74, 6) is -2.64. The molecule has 5 N–H and O–H groups in total. The predicted octanol–water partition coefficient (Wildman–Crippen LogP) is -0.795. The molecule has 1 heterocycles. The number of thioether (sulfide) groups is 1. The monoisotopic (exact) mass is 536 g/mol. The second kappa shape index (κ2) is 14.7. The van der Waals surface area contributed by atoms with Crippen LogP contribution < -0.4 is 16.0 Å². The topological polar surface area (TPSA) is 165 Å². The first kappa shape index (κ1) is 30.3. The number of benzene rings is 1. The fourth-order valence-corrected chi connectivity index (χ4v) is 4.77. The molecule has 0 radical (unpaired) electrons. The molecular formula is C25H36N4O7S. The first-order valence-corrected chi connectivity index (χ1v) is 13.1. The Hall–Kier alpha value is -2.96. The van der Waals surface area contributed by atoms with Crippen LogP contribution in [-0.4, -0.2) is 94.0 Å². The van der Waals surface area contributed by atoms with E-state index in [0.29, 0.717) is 0 Å². The van der Waals surface area contributed by atoms with Gasteiger partial charge in [0.2, 0.25) is 28.7 Å². The van der Waals surface area contributed by atoms with Crippen LogP contribution in [-0.2, 0) is 30.4 Å². The number of hydrogen-bond acceptors (Lipinski definition) is 8. The Kier molecular flexibility index (Phi) is 12.0. The van der Waals surface area contributed by atoms with E-state index in [0.717, 1.165) is 17.3 Å². The Morgan fingerprint density at radius 1 is 0.919 bits per heavy atom. The molecule has 4 atom stereocenters. The van der Waals surface area contributed by atoms with Crippen molar-refractivity contribution in [2.45, 2.75) is 57.3 Å². The summed E-state index contributed by atoms with van der Waals surface area (Å²) in [4.78, 5) is 65.9.